The van der Waals surface area contributed by atoms with Gasteiger partial charge in [-0.2, -0.15) is 4.98 Å². The number of carbonyl (C=O) groups is 1. The lowest BCUT2D eigenvalue weighted by Crippen LogP contribution is -2.20. The molecule has 1 N–H and O–H groups in total. The highest BCUT2D eigenvalue weighted by atomic mass is 79.9. The SMILES string of the molecule is CNC(=O)Cc1noc(-c2cc(Br)cs2)n1. The van der Waals surface area contributed by atoms with Crippen LogP contribution >= 0.6 is 27.3 Å². The maximum Gasteiger partial charge on any atom is 0.268 e. The van der Waals surface area contributed by atoms with Crippen molar-refractivity contribution >= 4 is 33.2 Å². The van der Waals surface area contributed by atoms with E-state index in [4.69, 9.17) is 4.52 Å². The van der Waals surface area contributed by atoms with Crippen molar-refractivity contribution in [2.75, 3.05) is 7.05 Å². The Morgan fingerprint density at radius 2 is 2.50 bits per heavy atom. The number of halogens is 1. The van der Waals surface area contributed by atoms with E-state index in [-0.39, 0.29) is 12.3 Å². The van der Waals surface area contributed by atoms with Crippen LogP contribution in [-0.4, -0.2) is 23.1 Å². The summed E-state index contributed by atoms with van der Waals surface area (Å²) < 4.78 is 6.03. The quantitative estimate of drug-likeness (QED) is 0.939. The average molecular weight is 302 g/mol. The van der Waals surface area contributed by atoms with E-state index < -0.39 is 0 Å². The van der Waals surface area contributed by atoms with Crippen LogP contribution in [0.5, 0.6) is 0 Å². The van der Waals surface area contributed by atoms with Crippen molar-refractivity contribution in [3.63, 3.8) is 0 Å². The van der Waals surface area contributed by atoms with E-state index >= 15 is 0 Å². The van der Waals surface area contributed by atoms with Gasteiger partial charge < -0.3 is 9.84 Å². The third-order valence-corrected chi connectivity index (χ3v) is 3.52. The Morgan fingerprint density at radius 3 is 3.12 bits per heavy atom. The lowest BCUT2D eigenvalue weighted by molar-refractivity contribution is -0.120. The van der Waals surface area contributed by atoms with Crippen LogP contribution in [0.3, 0.4) is 0 Å². The molecule has 0 radical (unpaired) electrons. The predicted octanol–water partition coefficient (Wildman–Crippen LogP) is 1.85. The topological polar surface area (TPSA) is 68.0 Å². The highest BCUT2D eigenvalue weighted by Crippen LogP contribution is 2.28. The van der Waals surface area contributed by atoms with Crippen molar-refractivity contribution in [3.05, 3.63) is 21.7 Å². The monoisotopic (exact) mass is 301 g/mol. The summed E-state index contributed by atoms with van der Waals surface area (Å²) in [5.74, 6) is 0.688. The Bertz CT molecular complexity index is 508. The molecule has 2 heterocycles. The molecular formula is C9H8BrN3O2S. The van der Waals surface area contributed by atoms with Gasteiger partial charge in [-0.15, -0.1) is 11.3 Å². The van der Waals surface area contributed by atoms with Crippen LogP contribution < -0.4 is 5.32 Å². The van der Waals surface area contributed by atoms with Gasteiger partial charge in [0.1, 0.15) is 0 Å². The van der Waals surface area contributed by atoms with Crippen molar-refractivity contribution in [3.8, 4) is 10.8 Å². The fourth-order valence-corrected chi connectivity index (χ4v) is 2.43. The lowest BCUT2D eigenvalue weighted by atomic mass is 10.4. The number of rotatable bonds is 3. The van der Waals surface area contributed by atoms with Gasteiger partial charge in [0.25, 0.3) is 5.89 Å². The van der Waals surface area contributed by atoms with Crippen LogP contribution in [0.4, 0.5) is 0 Å². The molecule has 2 aromatic heterocycles. The van der Waals surface area contributed by atoms with Crippen LogP contribution in [-0.2, 0) is 11.2 Å². The predicted molar refractivity (Wildman–Crippen MR) is 63.1 cm³/mol. The number of nitrogens with one attached hydrogen (secondary N) is 1. The molecule has 16 heavy (non-hydrogen) atoms. The molecule has 0 saturated carbocycles. The molecular weight excluding hydrogens is 294 g/mol. The Hall–Kier alpha value is -1.21. The van der Waals surface area contributed by atoms with Crippen LogP contribution in [0, 0.1) is 0 Å². The second kappa shape index (κ2) is 4.75. The third kappa shape index (κ3) is 2.48. The van der Waals surface area contributed by atoms with E-state index in [1.54, 1.807) is 7.05 Å². The largest absolute Gasteiger partial charge is 0.359 e. The van der Waals surface area contributed by atoms with E-state index in [0.717, 1.165) is 9.35 Å². The molecule has 2 aromatic rings. The minimum Gasteiger partial charge on any atom is -0.359 e. The minimum absolute atomic E-state index is 0.131. The average Bonchev–Trinajstić information content (AvgIpc) is 2.87. The van der Waals surface area contributed by atoms with Crippen LogP contribution in [0.25, 0.3) is 10.8 Å². The summed E-state index contributed by atoms with van der Waals surface area (Å²) in [6.07, 6.45) is 0.131. The van der Waals surface area contributed by atoms with Crippen LogP contribution in [0.1, 0.15) is 5.82 Å². The van der Waals surface area contributed by atoms with Crippen molar-refractivity contribution < 1.29 is 9.32 Å². The number of nitrogens with zero attached hydrogens (tertiary/aromatic N) is 2. The van der Waals surface area contributed by atoms with Gasteiger partial charge in [-0.1, -0.05) is 5.16 Å². The van der Waals surface area contributed by atoms with Gasteiger partial charge in [-0.25, -0.2) is 0 Å². The first-order valence-electron chi connectivity index (χ1n) is 4.46. The van der Waals surface area contributed by atoms with E-state index in [0.29, 0.717) is 11.7 Å². The van der Waals surface area contributed by atoms with Crippen LogP contribution in [0.15, 0.2) is 20.4 Å². The van der Waals surface area contributed by atoms with Gasteiger partial charge in [0, 0.05) is 16.9 Å². The first kappa shape index (κ1) is 11.3. The summed E-state index contributed by atoms with van der Waals surface area (Å²) in [7, 11) is 1.57. The van der Waals surface area contributed by atoms with Gasteiger partial charge in [0.05, 0.1) is 11.3 Å². The summed E-state index contributed by atoms with van der Waals surface area (Å²) in [5.41, 5.74) is 0. The summed E-state index contributed by atoms with van der Waals surface area (Å²) in [6.45, 7) is 0. The van der Waals surface area contributed by atoms with E-state index in [2.05, 4.69) is 31.4 Å². The molecule has 0 bridgehead atoms. The Labute approximate surface area is 104 Å². The highest BCUT2D eigenvalue weighted by Gasteiger charge is 2.12. The summed E-state index contributed by atoms with van der Waals surface area (Å²) in [6, 6.07) is 1.89. The van der Waals surface area contributed by atoms with Crippen molar-refractivity contribution in [1.82, 2.24) is 15.5 Å². The Kier molecular flexibility index (Phi) is 3.35. The van der Waals surface area contributed by atoms with E-state index in [9.17, 15) is 4.79 Å². The number of carbonyl (C=O) groups excluding carboxylic acids is 1. The molecule has 0 saturated heterocycles. The van der Waals surface area contributed by atoms with Gasteiger partial charge in [-0.05, 0) is 22.0 Å². The fourth-order valence-electron chi connectivity index (χ4n) is 1.08. The number of hydrogen-bond donors (Lipinski definition) is 1. The van der Waals surface area contributed by atoms with Gasteiger partial charge in [0.15, 0.2) is 5.82 Å². The molecule has 0 aliphatic heterocycles. The van der Waals surface area contributed by atoms with Crippen LogP contribution in [0.2, 0.25) is 0 Å². The van der Waals surface area contributed by atoms with E-state index in [1.165, 1.54) is 11.3 Å². The zero-order chi connectivity index (χ0) is 11.5. The number of thiophene rings is 1. The maximum absolute atomic E-state index is 11.1. The molecule has 0 fully saturated rings. The smallest absolute Gasteiger partial charge is 0.268 e. The molecule has 1 amide bonds. The highest BCUT2D eigenvalue weighted by molar-refractivity contribution is 9.10. The van der Waals surface area contributed by atoms with Gasteiger partial charge in [0.2, 0.25) is 5.91 Å². The maximum atomic E-state index is 11.1. The zero-order valence-corrected chi connectivity index (χ0v) is 10.8. The number of hydrogen-bond acceptors (Lipinski definition) is 5. The number of likely N-dealkylation sites (N-methyl/N-ethyl adjacent to an activating group) is 1. The minimum atomic E-state index is -0.139. The summed E-state index contributed by atoms with van der Waals surface area (Å²) in [4.78, 5) is 16.1. The van der Waals surface area contributed by atoms with Crippen molar-refractivity contribution in [2.24, 2.45) is 0 Å². The zero-order valence-electron chi connectivity index (χ0n) is 8.36. The molecule has 0 aromatic carbocycles. The molecule has 0 aliphatic rings. The Balaban J connectivity index is 2.16. The lowest BCUT2D eigenvalue weighted by Gasteiger charge is -1.91. The number of aromatic nitrogens is 2. The molecule has 0 unspecified atom stereocenters. The van der Waals surface area contributed by atoms with Gasteiger partial charge >= 0.3 is 0 Å². The third-order valence-electron chi connectivity index (χ3n) is 1.84. The normalized spacial score (nSPS) is 10.4. The summed E-state index contributed by atoms with van der Waals surface area (Å²) in [5, 5.41) is 8.16. The molecule has 0 aliphatic carbocycles. The van der Waals surface area contributed by atoms with Crippen molar-refractivity contribution in [2.45, 2.75) is 6.42 Å². The molecule has 0 atom stereocenters. The summed E-state index contributed by atoms with van der Waals surface area (Å²) >= 11 is 4.84. The molecule has 2 rings (SSSR count). The second-order valence-electron chi connectivity index (χ2n) is 2.99. The first-order valence-corrected chi connectivity index (χ1v) is 6.14. The molecule has 0 spiro atoms. The fraction of sp³-hybridized carbons (Fsp3) is 0.222. The molecule has 84 valence electrons. The van der Waals surface area contributed by atoms with Gasteiger partial charge in [-0.3, -0.25) is 4.79 Å². The second-order valence-corrected chi connectivity index (χ2v) is 4.82. The van der Waals surface area contributed by atoms with E-state index in [1.807, 2.05) is 11.4 Å². The van der Waals surface area contributed by atoms with Crippen molar-refractivity contribution in [1.29, 1.82) is 0 Å². The standard InChI is InChI=1S/C9H8BrN3O2S/c1-11-8(14)3-7-12-9(15-13-7)6-2-5(10)4-16-6/h2,4H,3H2,1H3,(H,11,14). The first-order chi connectivity index (χ1) is 7.69. The Morgan fingerprint density at radius 1 is 1.69 bits per heavy atom. The molecule has 5 nitrogen and oxygen atoms in total. The number of amides is 1. The molecule has 7 heteroatoms.